The Bertz CT molecular complexity index is 698. The van der Waals surface area contributed by atoms with Gasteiger partial charge in [-0.3, -0.25) is 4.79 Å². The van der Waals surface area contributed by atoms with Crippen molar-refractivity contribution in [1.82, 2.24) is 14.9 Å². The molecule has 0 aromatic carbocycles. The van der Waals surface area contributed by atoms with E-state index in [0.29, 0.717) is 17.4 Å². The van der Waals surface area contributed by atoms with Crippen LogP contribution in [0.15, 0.2) is 11.2 Å². The Morgan fingerprint density at radius 1 is 1.35 bits per heavy atom. The standard InChI is InChI=1S/C14H20N4O3S2/c1-9-6-12(15)17-14(16-9)22-7-13(19)18(10-2-3-10)11-4-5-23(20,21)8-11/h6,10-11H,2-5,7-8H2,1H3,(H2,15,16,17)/t11-/m0/s1. The number of nitrogens with zero attached hydrogens (tertiary/aromatic N) is 3. The van der Waals surface area contributed by atoms with Gasteiger partial charge in [-0.2, -0.15) is 0 Å². The molecule has 0 spiro atoms. The zero-order valence-electron chi connectivity index (χ0n) is 12.9. The lowest BCUT2D eigenvalue weighted by Gasteiger charge is -2.28. The van der Waals surface area contributed by atoms with Crippen molar-refractivity contribution >= 4 is 33.3 Å². The smallest absolute Gasteiger partial charge is 0.233 e. The third-order valence-corrected chi connectivity index (χ3v) is 6.59. The lowest BCUT2D eigenvalue weighted by atomic mass is 10.2. The molecule has 1 saturated heterocycles. The average Bonchev–Trinajstić information content (AvgIpc) is 3.20. The molecular weight excluding hydrogens is 336 g/mol. The summed E-state index contributed by atoms with van der Waals surface area (Å²) in [4.78, 5) is 22.7. The minimum atomic E-state index is -3.00. The molecule has 1 amide bonds. The molecule has 1 aliphatic carbocycles. The van der Waals surface area contributed by atoms with Gasteiger partial charge in [-0.15, -0.1) is 0 Å². The molecule has 0 radical (unpaired) electrons. The number of thioether (sulfide) groups is 1. The van der Waals surface area contributed by atoms with Gasteiger partial charge in [-0.25, -0.2) is 18.4 Å². The van der Waals surface area contributed by atoms with Crippen molar-refractivity contribution in [3.63, 3.8) is 0 Å². The van der Waals surface area contributed by atoms with Gasteiger partial charge in [0, 0.05) is 23.8 Å². The van der Waals surface area contributed by atoms with Crippen LogP contribution >= 0.6 is 11.8 Å². The number of nitrogen functional groups attached to an aromatic ring is 1. The first-order chi connectivity index (χ1) is 10.8. The summed E-state index contributed by atoms with van der Waals surface area (Å²) in [6, 6.07) is 1.69. The van der Waals surface area contributed by atoms with Gasteiger partial charge < -0.3 is 10.6 Å². The van der Waals surface area contributed by atoms with Crippen LogP contribution in [-0.4, -0.2) is 58.5 Å². The van der Waals surface area contributed by atoms with E-state index in [1.54, 1.807) is 11.0 Å². The first kappa shape index (κ1) is 16.5. The fourth-order valence-electron chi connectivity index (χ4n) is 2.88. The highest BCUT2D eigenvalue weighted by atomic mass is 32.2. The maximum atomic E-state index is 12.6. The quantitative estimate of drug-likeness (QED) is 0.609. The van der Waals surface area contributed by atoms with E-state index < -0.39 is 9.84 Å². The third-order valence-electron chi connectivity index (χ3n) is 4.01. The van der Waals surface area contributed by atoms with Crippen LogP contribution in [0, 0.1) is 6.92 Å². The molecule has 2 heterocycles. The maximum Gasteiger partial charge on any atom is 0.233 e. The maximum absolute atomic E-state index is 12.6. The summed E-state index contributed by atoms with van der Waals surface area (Å²) in [6.45, 7) is 1.82. The van der Waals surface area contributed by atoms with Gasteiger partial charge in [0.2, 0.25) is 5.91 Å². The van der Waals surface area contributed by atoms with E-state index in [1.165, 1.54) is 11.8 Å². The van der Waals surface area contributed by atoms with Crippen LogP contribution in [0.3, 0.4) is 0 Å². The second kappa shape index (κ2) is 6.27. The van der Waals surface area contributed by atoms with Crippen LogP contribution in [0.2, 0.25) is 0 Å². The molecule has 0 unspecified atom stereocenters. The number of nitrogens with two attached hydrogens (primary N) is 1. The Morgan fingerprint density at radius 2 is 2.09 bits per heavy atom. The molecule has 1 aliphatic heterocycles. The zero-order chi connectivity index (χ0) is 16.6. The van der Waals surface area contributed by atoms with Gasteiger partial charge in [0.25, 0.3) is 0 Å². The highest BCUT2D eigenvalue weighted by Crippen LogP contribution is 2.33. The molecular formula is C14H20N4O3S2. The Morgan fingerprint density at radius 3 is 2.65 bits per heavy atom. The number of sulfone groups is 1. The number of amides is 1. The first-order valence-corrected chi connectivity index (χ1v) is 10.4. The Hall–Kier alpha value is -1.35. The molecule has 3 rings (SSSR count). The number of carbonyl (C=O) groups is 1. The van der Waals surface area contributed by atoms with E-state index in [1.807, 2.05) is 6.92 Å². The first-order valence-electron chi connectivity index (χ1n) is 7.59. The van der Waals surface area contributed by atoms with Crippen LogP contribution in [0.4, 0.5) is 5.82 Å². The summed E-state index contributed by atoms with van der Waals surface area (Å²) in [7, 11) is -3.00. The van der Waals surface area contributed by atoms with Crippen LogP contribution in [0.5, 0.6) is 0 Å². The lowest BCUT2D eigenvalue weighted by Crippen LogP contribution is -2.43. The van der Waals surface area contributed by atoms with E-state index in [4.69, 9.17) is 5.73 Å². The van der Waals surface area contributed by atoms with E-state index in [9.17, 15) is 13.2 Å². The third kappa shape index (κ3) is 4.14. The van der Waals surface area contributed by atoms with Crippen LogP contribution in [0.25, 0.3) is 0 Å². The minimum Gasteiger partial charge on any atom is -0.384 e. The van der Waals surface area contributed by atoms with E-state index >= 15 is 0 Å². The second-order valence-corrected chi connectivity index (χ2v) is 9.27. The molecule has 23 heavy (non-hydrogen) atoms. The second-order valence-electron chi connectivity index (χ2n) is 6.09. The highest BCUT2D eigenvalue weighted by molar-refractivity contribution is 7.99. The molecule has 2 fully saturated rings. The number of hydrogen-bond donors (Lipinski definition) is 1. The van der Waals surface area contributed by atoms with Gasteiger partial charge in [-0.1, -0.05) is 11.8 Å². The van der Waals surface area contributed by atoms with Gasteiger partial charge in [0.05, 0.1) is 17.3 Å². The molecule has 1 atom stereocenters. The van der Waals surface area contributed by atoms with Gasteiger partial charge >= 0.3 is 0 Å². The highest BCUT2D eigenvalue weighted by Gasteiger charge is 2.41. The van der Waals surface area contributed by atoms with E-state index in [0.717, 1.165) is 18.5 Å². The average molecular weight is 356 g/mol. The van der Waals surface area contributed by atoms with Gasteiger partial charge in [0.1, 0.15) is 5.82 Å². The Kier molecular flexibility index (Phi) is 4.50. The zero-order valence-corrected chi connectivity index (χ0v) is 14.6. The SMILES string of the molecule is Cc1cc(N)nc(SCC(=O)N(C2CC2)[C@H]2CCS(=O)(=O)C2)n1. The number of anilines is 1. The fraction of sp³-hybridized carbons (Fsp3) is 0.643. The normalized spacial score (nSPS) is 22.9. The summed E-state index contributed by atoms with van der Waals surface area (Å²) >= 11 is 1.25. The van der Waals surface area contributed by atoms with Gasteiger partial charge in [0.15, 0.2) is 15.0 Å². The molecule has 0 bridgehead atoms. The Balaban J connectivity index is 1.65. The largest absolute Gasteiger partial charge is 0.384 e. The van der Waals surface area contributed by atoms with Crippen molar-refractivity contribution in [3.8, 4) is 0 Å². The molecule has 7 nitrogen and oxygen atoms in total. The van der Waals surface area contributed by atoms with Crippen molar-refractivity contribution in [2.45, 2.75) is 43.4 Å². The van der Waals surface area contributed by atoms with E-state index in [-0.39, 0.29) is 35.2 Å². The summed E-state index contributed by atoms with van der Waals surface area (Å²) in [5.74, 6) is 0.819. The van der Waals surface area contributed by atoms with Crippen LogP contribution in [-0.2, 0) is 14.6 Å². The molecule has 9 heteroatoms. The number of rotatable bonds is 5. The number of aryl methyl sites for hydroxylation is 1. The summed E-state index contributed by atoms with van der Waals surface area (Å²) < 4.78 is 23.4. The fourth-order valence-corrected chi connectivity index (χ4v) is 5.37. The van der Waals surface area contributed by atoms with Crippen LogP contribution in [0.1, 0.15) is 25.0 Å². The topological polar surface area (TPSA) is 106 Å². The molecule has 1 saturated carbocycles. The molecule has 1 aromatic rings. The molecule has 1 aromatic heterocycles. The van der Waals surface area contributed by atoms with Crippen LogP contribution < -0.4 is 5.73 Å². The summed E-state index contributed by atoms with van der Waals surface area (Å²) in [5.41, 5.74) is 6.44. The predicted octanol–water partition coefficient (Wildman–Crippen LogP) is 0.637. The number of carbonyl (C=O) groups excluding carboxylic acids is 1. The number of aromatic nitrogens is 2. The summed E-state index contributed by atoms with van der Waals surface area (Å²) in [6.07, 6.45) is 2.46. The number of hydrogen-bond acceptors (Lipinski definition) is 7. The van der Waals surface area contributed by atoms with Crippen molar-refractivity contribution in [2.75, 3.05) is 23.0 Å². The lowest BCUT2D eigenvalue weighted by molar-refractivity contribution is -0.130. The van der Waals surface area contributed by atoms with Crippen molar-refractivity contribution in [1.29, 1.82) is 0 Å². The predicted molar refractivity (Wildman–Crippen MR) is 88.8 cm³/mol. The minimum absolute atomic E-state index is 0.0386. The van der Waals surface area contributed by atoms with Crippen molar-refractivity contribution < 1.29 is 13.2 Å². The monoisotopic (exact) mass is 356 g/mol. The molecule has 126 valence electrons. The van der Waals surface area contributed by atoms with Gasteiger partial charge in [-0.05, 0) is 26.2 Å². The van der Waals surface area contributed by atoms with E-state index in [2.05, 4.69) is 9.97 Å². The Labute approximate surface area is 140 Å². The van der Waals surface area contributed by atoms with Crippen molar-refractivity contribution in [3.05, 3.63) is 11.8 Å². The molecule has 2 aliphatic rings. The van der Waals surface area contributed by atoms with Crippen molar-refractivity contribution in [2.24, 2.45) is 0 Å². The molecule has 2 N–H and O–H groups in total. The summed E-state index contributed by atoms with van der Waals surface area (Å²) in [5, 5.41) is 0.477.